The van der Waals surface area contributed by atoms with Crippen LogP contribution >= 0.6 is 12.4 Å². The molecule has 2 aliphatic rings. The second-order valence-electron chi connectivity index (χ2n) is 7.30. The Kier molecular flexibility index (Phi) is 4.91. The smallest absolute Gasteiger partial charge is 0.270 e. The predicted molar refractivity (Wildman–Crippen MR) is 109 cm³/mol. The van der Waals surface area contributed by atoms with Crippen molar-refractivity contribution in [3.05, 3.63) is 82.4 Å². The number of amides is 1. The minimum Gasteiger partial charge on any atom is -0.331 e. The number of carbonyl (C=O) groups is 1. The van der Waals surface area contributed by atoms with Gasteiger partial charge in [-0.1, -0.05) is 36.4 Å². The summed E-state index contributed by atoms with van der Waals surface area (Å²) in [5.74, 6) is 0.553. The lowest BCUT2D eigenvalue weighted by Gasteiger charge is -2.28. The highest BCUT2D eigenvalue weighted by Gasteiger charge is 2.47. The molecule has 2 saturated heterocycles. The highest BCUT2D eigenvalue weighted by molar-refractivity contribution is 5.94. The number of nitrogens with one attached hydrogen (secondary N) is 1. The number of nitrogens with zero attached hydrogens (tertiary/aromatic N) is 3. The second kappa shape index (κ2) is 7.37. The third-order valence-corrected chi connectivity index (χ3v) is 5.81. The summed E-state index contributed by atoms with van der Waals surface area (Å²) in [5.41, 5.74) is 1.48. The van der Waals surface area contributed by atoms with Crippen molar-refractivity contribution in [1.82, 2.24) is 19.6 Å². The molecule has 2 aromatic heterocycles. The summed E-state index contributed by atoms with van der Waals surface area (Å²) < 4.78 is 1.43. The van der Waals surface area contributed by atoms with E-state index in [1.807, 2.05) is 29.2 Å². The number of fused-ring (bicyclic) bond motifs is 2. The maximum atomic E-state index is 13.4. The third-order valence-electron chi connectivity index (χ3n) is 5.81. The zero-order valence-electron chi connectivity index (χ0n) is 15.2. The molecular weight excluding hydrogens is 376 g/mol. The molecule has 0 unspecified atom stereocenters. The quantitative estimate of drug-likeness (QED) is 0.720. The van der Waals surface area contributed by atoms with Crippen molar-refractivity contribution in [3.63, 3.8) is 0 Å². The largest absolute Gasteiger partial charge is 0.331 e. The molecule has 1 N–H and O–H groups in total. The van der Waals surface area contributed by atoms with Crippen LogP contribution in [-0.2, 0) is 0 Å². The van der Waals surface area contributed by atoms with Gasteiger partial charge in [0, 0.05) is 37.9 Å². The predicted octanol–water partition coefficient (Wildman–Crippen LogP) is 2.15. The van der Waals surface area contributed by atoms with Crippen molar-refractivity contribution in [2.75, 3.05) is 19.6 Å². The first-order valence-corrected chi connectivity index (χ1v) is 9.27. The number of halogens is 1. The molecule has 0 spiro atoms. The molecule has 1 amide bonds. The average molecular weight is 397 g/mol. The Morgan fingerprint density at radius 1 is 1.07 bits per heavy atom. The van der Waals surface area contributed by atoms with Crippen LogP contribution in [-0.4, -0.2) is 39.8 Å². The number of hydrogen-bond donors (Lipinski definition) is 1. The van der Waals surface area contributed by atoms with E-state index in [4.69, 9.17) is 0 Å². The molecule has 4 heterocycles. The van der Waals surface area contributed by atoms with Crippen LogP contribution in [0.1, 0.15) is 22.0 Å². The van der Waals surface area contributed by atoms with Crippen LogP contribution in [0.25, 0.3) is 5.65 Å². The van der Waals surface area contributed by atoms with Gasteiger partial charge >= 0.3 is 0 Å². The zero-order chi connectivity index (χ0) is 18.4. The molecule has 2 aliphatic heterocycles. The molecule has 28 heavy (non-hydrogen) atoms. The highest BCUT2D eigenvalue weighted by atomic mass is 35.5. The minimum atomic E-state index is -0.312. The average Bonchev–Trinajstić information content (AvgIpc) is 3.30. The standard InChI is InChI=1S/C21H20N4O2.ClH/c26-20-17(12-23-18-8-4-5-9-24(18)20)21(27)25-13-15-10-22-11-16(15)19(25)14-6-2-1-3-7-14;/h1-9,12,15-16,19,22H,10-11,13H2;1H/t15-,16-,19+;/m0./s1. The van der Waals surface area contributed by atoms with E-state index in [0.717, 1.165) is 18.7 Å². The van der Waals surface area contributed by atoms with Gasteiger partial charge in [0.05, 0.1) is 6.04 Å². The van der Waals surface area contributed by atoms with Crippen LogP contribution in [0.3, 0.4) is 0 Å². The van der Waals surface area contributed by atoms with Crippen LogP contribution in [0.2, 0.25) is 0 Å². The number of benzene rings is 1. The molecule has 0 aliphatic carbocycles. The van der Waals surface area contributed by atoms with Crippen molar-refractivity contribution >= 4 is 24.0 Å². The molecule has 0 saturated carbocycles. The van der Waals surface area contributed by atoms with E-state index >= 15 is 0 Å². The molecule has 3 atom stereocenters. The fourth-order valence-corrected chi connectivity index (χ4v) is 4.53. The van der Waals surface area contributed by atoms with Crippen molar-refractivity contribution in [2.45, 2.75) is 6.04 Å². The van der Waals surface area contributed by atoms with Gasteiger partial charge in [-0.15, -0.1) is 12.4 Å². The van der Waals surface area contributed by atoms with Gasteiger partial charge in [0.2, 0.25) is 0 Å². The fourth-order valence-electron chi connectivity index (χ4n) is 4.53. The second-order valence-corrected chi connectivity index (χ2v) is 7.30. The first kappa shape index (κ1) is 18.7. The molecule has 144 valence electrons. The number of carbonyl (C=O) groups excluding carboxylic acids is 1. The van der Waals surface area contributed by atoms with Gasteiger partial charge in [0.15, 0.2) is 0 Å². The maximum Gasteiger partial charge on any atom is 0.270 e. The summed E-state index contributed by atoms with van der Waals surface area (Å²) in [6, 6.07) is 15.4. The molecule has 0 bridgehead atoms. The van der Waals surface area contributed by atoms with Crippen LogP contribution in [0.5, 0.6) is 0 Å². The van der Waals surface area contributed by atoms with E-state index in [-0.39, 0.29) is 35.5 Å². The van der Waals surface area contributed by atoms with Gasteiger partial charge in [0.1, 0.15) is 11.2 Å². The lowest BCUT2D eigenvalue weighted by atomic mass is 9.89. The fraction of sp³-hybridized carbons (Fsp3) is 0.286. The zero-order valence-corrected chi connectivity index (χ0v) is 16.0. The topological polar surface area (TPSA) is 66.7 Å². The van der Waals surface area contributed by atoms with E-state index in [9.17, 15) is 9.59 Å². The van der Waals surface area contributed by atoms with Crippen LogP contribution in [0.4, 0.5) is 0 Å². The SMILES string of the molecule is Cl.O=C(c1cnc2ccccn2c1=O)N1C[C@@H]2CNC[C@@H]2[C@H]1c1ccccc1. The molecule has 2 fully saturated rings. The summed E-state index contributed by atoms with van der Waals surface area (Å²) in [4.78, 5) is 32.4. The van der Waals surface area contributed by atoms with Crippen LogP contribution in [0.15, 0.2) is 65.7 Å². The van der Waals surface area contributed by atoms with Gasteiger partial charge < -0.3 is 10.2 Å². The summed E-state index contributed by atoms with van der Waals surface area (Å²) in [6.07, 6.45) is 3.08. The third kappa shape index (κ3) is 2.89. The molecule has 0 radical (unpaired) electrons. The van der Waals surface area contributed by atoms with E-state index in [1.54, 1.807) is 18.3 Å². The minimum absolute atomic E-state index is 0. The van der Waals surface area contributed by atoms with Crippen LogP contribution in [0, 0.1) is 11.8 Å². The normalized spacial score (nSPS) is 23.4. The lowest BCUT2D eigenvalue weighted by Crippen LogP contribution is -2.38. The molecule has 7 heteroatoms. The Morgan fingerprint density at radius 3 is 2.68 bits per heavy atom. The summed E-state index contributed by atoms with van der Waals surface area (Å²) in [6.45, 7) is 2.46. The number of pyridine rings is 1. The Labute approximate surface area is 168 Å². The highest BCUT2D eigenvalue weighted by Crippen LogP contribution is 2.42. The Bertz CT molecular complexity index is 1070. The monoisotopic (exact) mass is 396 g/mol. The molecular formula is C21H21ClN4O2. The Balaban J connectivity index is 0.00000192. The van der Waals surface area contributed by atoms with Gasteiger partial charge in [-0.3, -0.25) is 14.0 Å². The molecule has 5 rings (SSSR count). The van der Waals surface area contributed by atoms with E-state index < -0.39 is 0 Å². The van der Waals surface area contributed by atoms with Crippen molar-refractivity contribution < 1.29 is 4.79 Å². The lowest BCUT2D eigenvalue weighted by molar-refractivity contribution is 0.0711. The summed E-state index contributed by atoms with van der Waals surface area (Å²) >= 11 is 0. The molecule has 6 nitrogen and oxygen atoms in total. The van der Waals surface area contributed by atoms with Gasteiger partial charge in [-0.25, -0.2) is 4.98 Å². The number of likely N-dealkylation sites (tertiary alicyclic amines) is 1. The molecule has 1 aromatic carbocycles. The first-order chi connectivity index (χ1) is 13.2. The summed E-state index contributed by atoms with van der Waals surface area (Å²) in [5, 5.41) is 3.44. The number of rotatable bonds is 2. The van der Waals surface area contributed by atoms with Crippen LogP contribution < -0.4 is 10.9 Å². The Hall–Kier alpha value is -2.70. The van der Waals surface area contributed by atoms with E-state index in [0.29, 0.717) is 24.0 Å². The van der Waals surface area contributed by atoms with E-state index in [2.05, 4.69) is 22.4 Å². The molecule has 3 aromatic rings. The van der Waals surface area contributed by atoms with Gasteiger partial charge in [-0.2, -0.15) is 0 Å². The van der Waals surface area contributed by atoms with Crippen molar-refractivity contribution in [3.8, 4) is 0 Å². The first-order valence-electron chi connectivity index (χ1n) is 9.27. The van der Waals surface area contributed by atoms with Gasteiger partial charge in [-0.05, 0) is 23.6 Å². The number of aromatic nitrogens is 2. The number of hydrogen-bond acceptors (Lipinski definition) is 4. The van der Waals surface area contributed by atoms with Crippen molar-refractivity contribution in [1.29, 1.82) is 0 Å². The summed E-state index contributed by atoms with van der Waals surface area (Å²) in [7, 11) is 0. The Morgan fingerprint density at radius 2 is 1.86 bits per heavy atom. The maximum absolute atomic E-state index is 13.4. The van der Waals surface area contributed by atoms with Crippen molar-refractivity contribution in [2.24, 2.45) is 11.8 Å². The van der Waals surface area contributed by atoms with E-state index in [1.165, 1.54) is 10.6 Å². The van der Waals surface area contributed by atoms with Gasteiger partial charge in [0.25, 0.3) is 11.5 Å².